The van der Waals surface area contributed by atoms with Gasteiger partial charge < -0.3 is 15.1 Å². The van der Waals surface area contributed by atoms with E-state index in [-0.39, 0.29) is 17.8 Å². The van der Waals surface area contributed by atoms with Crippen molar-refractivity contribution >= 4 is 23.4 Å². The number of halogens is 1. The first-order valence-corrected chi connectivity index (χ1v) is 10.7. The van der Waals surface area contributed by atoms with Crippen LogP contribution in [0.3, 0.4) is 0 Å². The van der Waals surface area contributed by atoms with E-state index < -0.39 is 5.41 Å². The summed E-state index contributed by atoms with van der Waals surface area (Å²) in [6.07, 6.45) is 6.31. The molecule has 0 radical (unpaired) electrons. The SMILES string of the molecule is CC(Nc1ncc2c(n1)N(C1CCCC1)CC(C)(C)C(=O)N2C)c1ccccc1F. The maximum atomic E-state index is 14.2. The normalized spacial score (nSPS) is 20.1. The molecule has 6 nitrogen and oxygen atoms in total. The molecule has 1 unspecified atom stereocenters. The van der Waals surface area contributed by atoms with E-state index >= 15 is 0 Å². The number of hydrogen-bond donors (Lipinski definition) is 1. The summed E-state index contributed by atoms with van der Waals surface area (Å²) >= 11 is 0. The van der Waals surface area contributed by atoms with Gasteiger partial charge in [0.25, 0.3) is 0 Å². The lowest BCUT2D eigenvalue weighted by molar-refractivity contribution is -0.125. The molecule has 2 aliphatic rings. The van der Waals surface area contributed by atoms with E-state index in [4.69, 9.17) is 4.98 Å². The second-order valence-corrected chi connectivity index (χ2v) is 9.10. The number of hydrogen-bond acceptors (Lipinski definition) is 5. The van der Waals surface area contributed by atoms with Crippen molar-refractivity contribution < 1.29 is 9.18 Å². The average Bonchev–Trinajstić information content (AvgIpc) is 3.23. The molecule has 0 saturated heterocycles. The molecule has 1 N–H and O–H groups in total. The second kappa shape index (κ2) is 7.85. The number of aromatic nitrogens is 2. The van der Waals surface area contributed by atoms with Gasteiger partial charge in [-0.15, -0.1) is 0 Å². The second-order valence-electron chi connectivity index (χ2n) is 9.10. The Morgan fingerprint density at radius 3 is 2.63 bits per heavy atom. The van der Waals surface area contributed by atoms with Crippen LogP contribution in [0.5, 0.6) is 0 Å². The van der Waals surface area contributed by atoms with Crippen molar-refractivity contribution in [1.82, 2.24) is 9.97 Å². The third-order valence-corrected chi connectivity index (χ3v) is 6.32. The van der Waals surface area contributed by atoms with Crippen LogP contribution in [-0.2, 0) is 4.79 Å². The van der Waals surface area contributed by atoms with E-state index in [0.29, 0.717) is 24.1 Å². The Balaban J connectivity index is 1.71. The van der Waals surface area contributed by atoms with Gasteiger partial charge in [0.15, 0.2) is 5.82 Å². The highest BCUT2D eigenvalue weighted by molar-refractivity contribution is 6.00. The summed E-state index contributed by atoms with van der Waals surface area (Å²) in [4.78, 5) is 26.3. The Labute approximate surface area is 177 Å². The number of carbonyl (C=O) groups is 1. The van der Waals surface area contributed by atoms with Crippen LogP contribution in [0.25, 0.3) is 0 Å². The summed E-state index contributed by atoms with van der Waals surface area (Å²) in [6.45, 7) is 6.49. The molecule has 1 aromatic heterocycles. The monoisotopic (exact) mass is 411 g/mol. The van der Waals surface area contributed by atoms with Gasteiger partial charge in [0.05, 0.1) is 17.7 Å². The van der Waals surface area contributed by atoms with Crippen LogP contribution < -0.4 is 15.1 Å². The summed E-state index contributed by atoms with van der Waals surface area (Å²) in [5, 5.41) is 3.24. The van der Waals surface area contributed by atoms with Crippen LogP contribution >= 0.6 is 0 Å². The summed E-state index contributed by atoms with van der Waals surface area (Å²) in [5.41, 5.74) is 0.769. The van der Waals surface area contributed by atoms with Crippen molar-refractivity contribution in [2.45, 2.75) is 58.5 Å². The van der Waals surface area contributed by atoms with Crippen LogP contribution in [0.15, 0.2) is 30.5 Å². The first kappa shape index (κ1) is 20.6. The van der Waals surface area contributed by atoms with E-state index in [0.717, 1.165) is 24.3 Å². The Hall–Kier alpha value is -2.70. The first-order valence-electron chi connectivity index (χ1n) is 10.7. The fourth-order valence-corrected chi connectivity index (χ4v) is 4.63. The molecular weight excluding hydrogens is 381 g/mol. The number of anilines is 3. The highest BCUT2D eigenvalue weighted by atomic mass is 19.1. The van der Waals surface area contributed by atoms with E-state index in [1.165, 1.54) is 18.9 Å². The minimum atomic E-state index is -0.522. The number of carbonyl (C=O) groups excluding carboxylic acids is 1. The molecule has 4 rings (SSSR count). The molecule has 160 valence electrons. The van der Waals surface area contributed by atoms with E-state index in [9.17, 15) is 9.18 Å². The summed E-state index contributed by atoms with van der Waals surface area (Å²) in [6, 6.07) is 6.80. The number of nitrogens with zero attached hydrogens (tertiary/aromatic N) is 4. The van der Waals surface area contributed by atoms with Crippen molar-refractivity contribution in [2.75, 3.05) is 28.7 Å². The third-order valence-electron chi connectivity index (χ3n) is 6.32. The van der Waals surface area contributed by atoms with Crippen LogP contribution in [-0.4, -0.2) is 35.5 Å². The maximum absolute atomic E-state index is 14.2. The molecule has 1 saturated carbocycles. The zero-order chi connectivity index (χ0) is 21.5. The third kappa shape index (κ3) is 3.73. The van der Waals surface area contributed by atoms with E-state index in [2.05, 4.69) is 15.2 Å². The van der Waals surface area contributed by atoms with Gasteiger partial charge in [0.2, 0.25) is 11.9 Å². The van der Waals surface area contributed by atoms with Gasteiger partial charge in [0, 0.05) is 25.2 Å². The average molecular weight is 412 g/mol. The van der Waals surface area contributed by atoms with Gasteiger partial charge in [-0.2, -0.15) is 4.98 Å². The highest BCUT2D eigenvalue weighted by Gasteiger charge is 2.41. The number of nitrogens with one attached hydrogen (secondary N) is 1. The van der Waals surface area contributed by atoms with Gasteiger partial charge in [-0.25, -0.2) is 9.37 Å². The lowest BCUT2D eigenvalue weighted by Gasteiger charge is -2.34. The van der Waals surface area contributed by atoms with Crippen LogP contribution in [0.1, 0.15) is 58.1 Å². The molecule has 1 aromatic carbocycles. The zero-order valence-electron chi connectivity index (χ0n) is 18.2. The molecule has 1 fully saturated rings. The number of fused-ring (bicyclic) bond motifs is 1. The molecule has 30 heavy (non-hydrogen) atoms. The molecule has 0 bridgehead atoms. The largest absolute Gasteiger partial charge is 0.351 e. The summed E-state index contributed by atoms with van der Waals surface area (Å²) in [7, 11) is 1.79. The summed E-state index contributed by atoms with van der Waals surface area (Å²) in [5.74, 6) is 1.02. The van der Waals surface area contributed by atoms with Gasteiger partial charge in [0.1, 0.15) is 11.5 Å². The molecule has 1 aliphatic carbocycles. The van der Waals surface area contributed by atoms with Crippen LogP contribution in [0.2, 0.25) is 0 Å². The van der Waals surface area contributed by atoms with Crippen molar-refractivity contribution in [3.63, 3.8) is 0 Å². The lowest BCUT2D eigenvalue weighted by Crippen LogP contribution is -2.45. The standard InChI is InChI=1S/C23H30FN5O/c1-15(17-11-7-8-12-18(17)24)26-22-25-13-19-20(27-22)29(16-9-5-6-10-16)14-23(2,3)21(30)28(19)4/h7-8,11-13,15-16H,5-6,9-10,14H2,1-4H3,(H,25,26,27). The van der Waals surface area contributed by atoms with Crippen molar-refractivity contribution in [1.29, 1.82) is 0 Å². The molecule has 1 amide bonds. The molecule has 2 heterocycles. The predicted molar refractivity (Wildman–Crippen MR) is 117 cm³/mol. The highest BCUT2D eigenvalue weighted by Crippen LogP contribution is 2.40. The Kier molecular flexibility index (Phi) is 5.38. The molecule has 0 spiro atoms. The number of rotatable bonds is 4. The van der Waals surface area contributed by atoms with Crippen molar-refractivity contribution in [3.05, 3.63) is 41.8 Å². The minimum Gasteiger partial charge on any atom is -0.351 e. The van der Waals surface area contributed by atoms with Gasteiger partial charge in [-0.3, -0.25) is 4.79 Å². The van der Waals surface area contributed by atoms with Gasteiger partial charge in [-0.05, 0) is 39.7 Å². The van der Waals surface area contributed by atoms with E-state index in [1.54, 1.807) is 30.3 Å². The Morgan fingerprint density at radius 2 is 1.93 bits per heavy atom. The Morgan fingerprint density at radius 1 is 1.23 bits per heavy atom. The predicted octanol–water partition coefficient (Wildman–Crippen LogP) is 4.54. The van der Waals surface area contributed by atoms with E-state index in [1.807, 2.05) is 26.8 Å². The number of benzene rings is 1. The Bertz CT molecular complexity index is 941. The maximum Gasteiger partial charge on any atom is 0.234 e. The fraction of sp³-hybridized carbons (Fsp3) is 0.522. The molecular formula is C23H30FN5O. The minimum absolute atomic E-state index is 0.0632. The lowest BCUT2D eigenvalue weighted by atomic mass is 9.91. The van der Waals surface area contributed by atoms with Crippen LogP contribution in [0, 0.1) is 11.2 Å². The van der Waals surface area contributed by atoms with Crippen molar-refractivity contribution in [3.8, 4) is 0 Å². The fourth-order valence-electron chi connectivity index (χ4n) is 4.63. The molecule has 7 heteroatoms. The van der Waals surface area contributed by atoms with Crippen molar-refractivity contribution in [2.24, 2.45) is 5.41 Å². The van der Waals surface area contributed by atoms with Crippen LogP contribution in [0.4, 0.5) is 21.8 Å². The smallest absolute Gasteiger partial charge is 0.234 e. The quantitative estimate of drug-likeness (QED) is 0.800. The number of amides is 1. The molecule has 1 aliphatic heterocycles. The zero-order valence-corrected chi connectivity index (χ0v) is 18.2. The topological polar surface area (TPSA) is 61.4 Å². The summed E-state index contributed by atoms with van der Waals surface area (Å²) < 4.78 is 14.2. The van der Waals surface area contributed by atoms with Gasteiger partial charge in [-0.1, -0.05) is 31.0 Å². The van der Waals surface area contributed by atoms with Gasteiger partial charge >= 0.3 is 0 Å². The first-order chi connectivity index (χ1) is 14.3. The molecule has 1 atom stereocenters. The molecule has 2 aromatic rings.